The van der Waals surface area contributed by atoms with Crippen LogP contribution in [0.4, 0.5) is 0 Å². The second kappa shape index (κ2) is 15.4. The number of aliphatic hydroxyl groups is 1. The number of benzene rings is 2. The smallest absolute Gasteiger partial charge is 0.205 e. The number of nitrogens with zero attached hydrogens (tertiary/aromatic N) is 3. The predicted octanol–water partition coefficient (Wildman–Crippen LogP) is 4.36. The number of nitrogens with one attached hydrogen (secondary N) is 3. The number of hydrogen-bond acceptors (Lipinski definition) is 10. The Morgan fingerprint density at radius 2 is 1.61 bits per heavy atom. The van der Waals surface area contributed by atoms with Crippen molar-refractivity contribution >= 4 is 5.84 Å². The van der Waals surface area contributed by atoms with Crippen molar-refractivity contribution in [3.05, 3.63) is 117 Å². The highest BCUT2D eigenvalue weighted by molar-refractivity contribution is 5.95. The molecule has 240 valence electrons. The minimum absolute atomic E-state index is 0.0390. The first-order valence-electron chi connectivity index (χ1n) is 14.9. The number of amidine groups is 1. The molecule has 0 aliphatic carbocycles. The molecular weight excluding hydrogens is 582 g/mol. The normalized spacial score (nSPS) is 13.0. The van der Waals surface area contributed by atoms with Gasteiger partial charge in [-0.25, -0.2) is 0 Å². The molecule has 0 unspecified atom stereocenters. The highest BCUT2D eigenvalue weighted by Gasteiger charge is 2.30. The summed E-state index contributed by atoms with van der Waals surface area (Å²) in [6.45, 7) is 10.2. The van der Waals surface area contributed by atoms with Gasteiger partial charge < -0.3 is 36.1 Å². The van der Waals surface area contributed by atoms with E-state index in [0.717, 1.165) is 39.3 Å². The Kier molecular flexibility index (Phi) is 11.4. The molecule has 1 aliphatic rings. The summed E-state index contributed by atoms with van der Waals surface area (Å²) in [6, 6.07) is 17.2. The molecule has 2 aromatic heterocycles. The van der Waals surface area contributed by atoms with Crippen LogP contribution in [0.5, 0.6) is 11.5 Å². The number of aromatic hydroxyl groups is 1. The number of fused-ring (bicyclic) bond motifs is 1. The van der Waals surface area contributed by atoms with Gasteiger partial charge in [0.15, 0.2) is 0 Å². The van der Waals surface area contributed by atoms with Crippen molar-refractivity contribution in [3.8, 4) is 17.6 Å². The summed E-state index contributed by atoms with van der Waals surface area (Å²) in [7, 11) is 0. The summed E-state index contributed by atoms with van der Waals surface area (Å²) < 4.78 is 11.7. The average molecular weight is 624 g/mol. The second-order valence-corrected chi connectivity index (χ2v) is 11.5. The average Bonchev–Trinajstić information content (AvgIpc) is 3.04. The maximum Gasteiger partial charge on any atom is 0.205 e. The molecule has 0 amide bonds. The molecule has 46 heavy (non-hydrogen) atoms. The van der Waals surface area contributed by atoms with Gasteiger partial charge in [-0.2, -0.15) is 5.26 Å². The molecule has 0 saturated heterocycles. The van der Waals surface area contributed by atoms with Crippen LogP contribution in [0, 0.1) is 30.6 Å². The van der Waals surface area contributed by atoms with E-state index in [2.05, 4.69) is 26.7 Å². The molecule has 11 nitrogen and oxygen atoms in total. The van der Waals surface area contributed by atoms with Crippen LogP contribution in [0.2, 0.25) is 0 Å². The Hall–Kier alpha value is -4.86. The first kappa shape index (κ1) is 34.0. The van der Waals surface area contributed by atoms with Gasteiger partial charge in [0.25, 0.3) is 0 Å². The third-order valence-electron chi connectivity index (χ3n) is 7.49. The van der Waals surface area contributed by atoms with Crippen LogP contribution in [0.3, 0.4) is 0 Å². The van der Waals surface area contributed by atoms with Crippen molar-refractivity contribution < 1.29 is 19.7 Å². The van der Waals surface area contributed by atoms with Crippen LogP contribution in [0.1, 0.15) is 69.7 Å². The SMILES string of the molecule is Cc1ncc(CNCc2cccc(C#N)c2)c2c1OC(C)(C)OC2.Cc1ncc(CNCc2cccc(C(=N)N)c2)c(CO)c1O. The number of nitriles is 1. The first-order chi connectivity index (χ1) is 22.0. The number of aliphatic hydroxyl groups excluding tert-OH is 1. The largest absolute Gasteiger partial charge is 0.506 e. The van der Waals surface area contributed by atoms with Crippen molar-refractivity contribution in [3.63, 3.8) is 0 Å². The molecule has 1 aliphatic heterocycles. The van der Waals surface area contributed by atoms with Crippen LogP contribution in [0.15, 0.2) is 60.9 Å². The van der Waals surface area contributed by atoms with Crippen LogP contribution in [-0.2, 0) is 44.1 Å². The Balaban J connectivity index is 0.000000210. The number of rotatable bonds is 10. The van der Waals surface area contributed by atoms with Gasteiger partial charge in [-0.15, -0.1) is 0 Å². The number of pyridine rings is 2. The van der Waals surface area contributed by atoms with E-state index in [1.807, 2.05) is 63.4 Å². The third kappa shape index (κ3) is 8.87. The molecule has 7 N–H and O–H groups in total. The Labute approximate surface area is 269 Å². The van der Waals surface area contributed by atoms with Gasteiger partial charge in [0.05, 0.1) is 36.2 Å². The van der Waals surface area contributed by atoms with Crippen molar-refractivity contribution in [1.82, 2.24) is 20.6 Å². The maximum atomic E-state index is 9.90. The van der Waals surface area contributed by atoms with Gasteiger partial charge in [-0.05, 0) is 54.3 Å². The van der Waals surface area contributed by atoms with Gasteiger partial charge >= 0.3 is 0 Å². The van der Waals surface area contributed by atoms with Crippen LogP contribution in [-0.4, -0.2) is 31.8 Å². The minimum atomic E-state index is -0.622. The lowest BCUT2D eigenvalue weighted by Crippen LogP contribution is -2.36. The fourth-order valence-corrected chi connectivity index (χ4v) is 4.94. The molecule has 0 radical (unpaired) electrons. The summed E-state index contributed by atoms with van der Waals surface area (Å²) in [5, 5.41) is 42.3. The summed E-state index contributed by atoms with van der Waals surface area (Å²) >= 11 is 0. The van der Waals surface area contributed by atoms with Crippen LogP contribution in [0.25, 0.3) is 0 Å². The summed E-state index contributed by atoms with van der Waals surface area (Å²) in [6.07, 6.45) is 3.53. The van der Waals surface area contributed by atoms with Crippen molar-refractivity contribution in [2.24, 2.45) is 5.73 Å². The molecule has 3 heterocycles. The molecule has 5 rings (SSSR count). The van der Waals surface area contributed by atoms with Gasteiger partial charge in [-0.3, -0.25) is 15.4 Å². The quantitative estimate of drug-likeness (QED) is 0.110. The monoisotopic (exact) mass is 623 g/mol. The highest BCUT2D eigenvalue weighted by Crippen LogP contribution is 2.35. The lowest BCUT2D eigenvalue weighted by atomic mass is 10.1. The Morgan fingerprint density at radius 1 is 0.978 bits per heavy atom. The Bertz CT molecular complexity index is 1730. The summed E-state index contributed by atoms with van der Waals surface area (Å²) in [4.78, 5) is 8.55. The van der Waals surface area contributed by atoms with Gasteiger partial charge in [0, 0.05) is 69.1 Å². The first-order valence-corrected chi connectivity index (χ1v) is 14.9. The number of aromatic nitrogens is 2. The van der Waals surface area contributed by atoms with E-state index in [4.69, 9.17) is 25.9 Å². The molecule has 0 spiro atoms. The minimum Gasteiger partial charge on any atom is -0.506 e. The molecule has 11 heteroatoms. The molecule has 0 saturated carbocycles. The molecule has 4 aromatic rings. The van der Waals surface area contributed by atoms with Gasteiger partial charge in [0.1, 0.15) is 17.3 Å². The molecule has 0 fully saturated rings. The van der Waals surface area contributed by atoms with E-state index in [1.165, 1.54) is 0 Å². The van der Waals surface area contributed by atoms with Gasteiger partial charge in [-0.1, -0.05) is 30.3 Å². The van der Waals surface area contributed by atoms with E-state index in [0.29, 0.717) is 55.2 Å². The molecule has 0 atom stereocenters. The van der Waals surface area contributed by atoms with E-state index >= 15 is 0 Å². The lowest BCUT2D eigenvalue weighted by Gasteiger charge is -2.34. The van der Waals surface area contributed by atoms with Crippen molar-refractivity contribution in [2.45, 2.75) is 72.9 Å². The van der Waals surface area contributed by atoms with Crippen LogP contribution >= 0.6 is 0 Å². The van der Waals surface area contributed by atoms with Gasteiger partial charge in [0.2, 0.25) is 5.79 Å². The lowest BCUT2D eigenvalue weighted by molar-refractivity contribution is -0.180. The van der Waals surface area contributed by atoms with Crippen LogP contribution < -0.4 is 21.1 Å². The fourth-order valence-electron chi connectivity index (χ4n) is 4.94. The van der Waals surface area contributed by atoms with E-state index in [-0.39, 0.29) is 18.2 Å². The number of aryl methyl sites for hydroxylation is 2. The zero-order valence-corrected chi connectivity index (χ0v) is 26.6. The van der Waals surface area contributed by atoms with E-state index in [1.54, 1.807) is 25.3 Å². The summed E-state index contributed by atoms with van der Waals surface area (Å²) in [5.41, 5.74) is 13.7. The maximum absolute atomic E-state index is 9.90. The summed E-state index contributed by atoms with van der Waals surface area (Å²) in [5.74, 6) is 0.290. The molecular formula is C35H41N7O4. The predicted molar refractivity (Wildman–Crippen MR) is 175 cm³/mol. The topological polar surface area (TPSA) is 182 Å². The highest BCUT2D eigenvalue weighted by atomic mass is 16.7. The standard InChI is InChI=1S/C19H21N3O2.C16H20N4O2/c1-13-18-17(12-23-19(2,3)24-18)16(11-22-13)10-21-9-15-6-4-5-14(7-15)8-20;1-10-15(22)14(9-21)13(8-20-10)7-19-6-11-3-2-4-12(5-11)16(17)18/h4-7,11,21H,9-10,12H2,1-3H3;2-5,8,19,21-22H,6-7,9H2,1H3,(H3,17,18). The van der Waals surface area contributed by atoms with Crippen molar-refractivity contribution in [2.75, 3.05) is 0 Å². The number of ether oxygens (including phenoxy) is 2. The second-order valence-electron chi connectivity index (χ2n) is 11.5. The van der Waals surface area contributed by atoms with E-state index < -0.39 is 5.79 Å². The number of nitrogens with two attached hydrogens (primary N) is 1. The Morgan fingerprint density at radius 3 is 2.28 bits per heavy atom. The number of nitrogen functional groups attached to an aromatic ring is 1. The van der Waals surface area contributed by atoms with E-state index in [9.17, 15) is 10.2 Å². The zero-order chi connectivity index (χ0) is 33.3. The molecule has 2 aromatic carbocycles. The third-order valence-corrected chi connectivity index (χ3v) is 7.49. The van der Waals surface area contributed by atoms with Crippen molar-refractivity contribution in [1.29, 1.82) is 10.7 Å². The zero-order valence-electron chi connectivity index (χ0n) is 26.6. The number of hydrogen-bond donors (Lipinski definition) is 6. The fraction of sp³-hybridized carbons (Fsp3) is 0.314. The molecule has 0 bridgehead atoms.